The number of carbonyl (C=O) groups excluding carboxylic acids is 2. The van der Waals surface area contributed by atoms with Gasteiger partial charge in [0.1, 0.15) is 5.82 Å². The molecule has 0 aliphatic rings. The summed E-state index contributed by atoms with van der Waals surface area (Å²) in [6, 6.07) is 12.6. The molecule has 2 aromatic rings. The normalized spacial score (nSPS) is 10.6. The highest BCUT2D eigenvalue weighted by molar-refractivity contribution is 5.95. The Hall–Kier alpha value is -2.73. The Labute approximate surface area is 146 Å². The molecule has 132 valence electrons. The molecule has 6 heteroatoms. The fourth-order valence-corrected chi connectivity index (χ4v) is 2.05. The van der Waals surface area contributed by atoms with Crippen molar-refractivity contribution in [2.24, 2.45) is 0 Å². The van der Waals surface area contributed by atoms with E-state index in [0.717, 1.165) is 5.56 Å². The molecule has 2 aromatic carbocycles. The van der Waals surface area contributed by atoms with E-state index in [1.54, 1.807) is 24.3 Å². The summed E-state index contributed by atoms with van der Waals surface area (Å²) in [5.41, 5.74) is 6.74. The minimum atomic E-state index is -0.413. The van der Waals surface area contributed by atoms with Gasteiger partial charge >= 0.3 is 0 Å². The highest BCUT2D eigenvalue weighted by Gasteiger charge is 2.08. The Balaban J connectivity index is 1.81. The summed E-state index contributed by atoms with van der Waals surface area (Å²) in [6.07, 6.45) is 0.186. The summed E-state index contributed by atoms with van der Waals surface area (Å²) in [4.78, 5) is 23.8. The van der Waals surface area contributed by atoms with Crippen molar-refractivity contribution >= 4 is 11.8 Å². The second kappa shape index (κ2) is 8.94. The molecule has 5 nitrogen and oxygen atoms in total. The number of nitrogens with one attached hydrogen (secondary N) is 2. The lowest BCUT2D eigenvalue weighted by atomic mass is 10.1. The maximum Gasteiger partial charge on any atom is 0.269 e. The van der Waals surface area contributed by atoms with E-state index in [0.29, 0.717) is 17.7 Å². The number of hydrogen-bond donors (Lipinski definition) is 2. The van der Waals surface area contributed by atoms with Gasteiger partial charge in [0.15, 0.2) is 0 Å². The topological polar surface area (TPSA) is 67.4 Å². The second-order valence-corrected chi connectivity index (χ2v) is 5.86. The van der Waals surface area contributed by atoms with Crippen molar-refractivity contribution in [2.75, 3.05) is 0 Å². The Morgan fingerprint density at radius 1 is 0.960 bits per heavy atom. The van der Waals surface area contributed by atoms with Crippen LogP contribution in [0.3, 0.4) is 0 Å². The van der Waals surface area contributed by atoms with E-state index in [4.69, 9.17) is 4.74 Å². The summed E-state index contributed by atoms with van der Waals surface area (Å²) >= 11 is 0. The molecule has 0 atom stereocenters. The second-order valence-electron chi connectivity index (χ2n) is 5.86. The van der Waals surface area contributed by atoms with Gasteiger partial charge in [-0.2, -0.15) is 0 Å². The van der Waals surface area contributed by atoms with Gasteiger partial charge in [0.25, 0.3) is 5.91 Å². The van der Waals surface area contributed by atoms with Crippen molar-refractivity contribution in [1.82, 2.24) is 10.9 Å². The third-order valence-corrected chi connectivity index (χ3v) is 3.39. The van der Waals surface area contributed by atoms with E-state index in [9.17, 15) is 14.0 Å². The zero-order valence-electron chi connectivity index (χ0n) is 14.2. The summed E-state index contributed by atoms with van der Waals surface area (Å²) in [7, 11) is 0. The Bertz CT molecular complexity index is 712. The Kier molecular flexibility index (Phi) is 6.65. The average Bonchev–Trinajstić information content (AvgIpc) is 2.60. The maximum atomic E-state index is 12.8. The third kappa shape index (κ3) is 6.35. The van der Waals surface area contributed by atoms with Crippen LogP contribution in [0, 0.1) is 5.82 Å². The molecule has 0 unspecified atom stereocenters. The summed E-state index contributed by atoms with van der Waals surface area (Å²) in [5.74, 6) is -1.16. The number of benzene rings is 2. The molecule has 2 amide bonds. The van der Waals surface area contributed by atoms with Crippen LogP contribution in [0.25, 0.3) is 0 Å². The SMILES string of the molecule is CC(C)OCc1ccc(C(=O)NNC(=O)Cc2ccc(F)cc2)cc1. The van der Waals surface area contributed by atoms with Crippen LogP contribution < -0.4 is 10.9 Å². The minimum Gasteiger partial charge on any atom is -0.374 e. The number of amides is 2. The smallest absolute Gasteiger partial charge is 0.269 e. The van der Waals surface area contributed by atoms with Gasteiger partial charge in [0.05, 0.1) is 19.1 Å². The van der Waals surface area contributed by atoms with Gasteiger partial charge in [0.2, 0.25) is 5.91 Å². The summed E-state index contributed by atoms with van der Waals surface area (Å²) < 4.78 is 18.3. The van der Waals surface area contributed by atoms with E-state index in [2.05, 4.69) is 10.9 Å². The van der Waals surface area contributed by atoms with Crippen molar-refractivity contribution in [3.8, 4) is 0 Å². The first-order valence-corrected chi connectivity index (χ1v) is 7.98. The van der Waals surface area contributed by atoms with Crippen molar-refractivity contribution < 1.29 is 18.7 Å². The van der Waals surface area contributed by atoms with E-state index in [-0.39, 0.29) is 24.2 Å². The molecule has 25 heavy (non-hydrogen) atoms. The van der Waals surface area contributed by atoms with Crippen molar-refractivity contribution in [2.45, 2.75) is 33.0 Å². The molecule has 0 aliphatic carbocycles. The van der Waals surface area contributed by atoms with Gasteiger partial charge in [-0.3, -0.25) is 20.4 Å². The number of rotatable bonds is 6. The lowest BCUT2D eigenvalue weighted by Crippen LogP contribution is -2.42. The summed E-state index contributed by atoms with van der Waals surface area (Å²) in [5, 5.41) is 0. The molecule has 0 heterocycles. The highest BCUT2D eigenvalue weighted by Crippen LogP contribution is 2.07. The highest BCUT2D eigenvalue weighted by atomic mass is 19.1. The summed E-state index contributed by atoms with van der Waals surface area (Å²) in [6.45, 7) is 4.39. The van der Waals surface area contributed by atoms with E-state index in [1.807, 2.05) is 13.8 Å². The molecule has 0 aromatic heterocycles. The minimum absolute atomic E-state index is 0.0477. The molecule has 0 aliphatic heterocycles. The molecular formula is C19H21FN2O3. The predicted molar refractivity (Wildman–Crippen MR) is 92.1 cm³/mol. The molecular weight excluding hydrogens is 323 g/mol. The van der Waals surface area contributed by atoms with Gasteiger partial charge in [-0.25, -0.2) is 4.39 Å². The zero-order valence-corrected chi connectivity index (χ0v) is 14.2. The van der Waals surface area contributed by atoms with Gasteiger partial charge in [0, 0.05) is 5.56 Å². The first-order chi connectivity index (χ1) is 11.9. The molecule has 0 saturated carbocycles. The fraction of sp³-hybridized carbons (Fsp3) is 0.263. The van der Waals surface area contributed by atoms with Crippen LogP contribution in [0.15, 0.2) is 48.5 Å². The van der Waals surface area contributed by atoms with Crippen LogP contribution in [-0.4, -0.2) is 17.9 Å². The van der Waals surface area contributed by atoms with Crippen LogP contribution >= 0.6 is 0 Å². The van der Waals surface area contributed by atoms with Crippen LogP contribution in [0.2, 0.25) is 0 Å². The maximum absolute atomic E-state index is 12.8. The first-order valence-electron chi connectivity index (χ1n) is 7.98. The van der Waals surface area contributed by atoms with Gasteiger partial charge < -0.3 is 4.74 Å². The van der Waals surface area contributed by atoms with E-state index in [1.165, 1.54) is 24.3 Å². The monoisotopic (exact) mass is 344 g/mol. The van der Waals surface area contributed by atoms with Crippen LogP contribution in [-0.2, 0) is 22.6 Å². The number of halogens is 1. The van der Waals surface area contributed by atoms with Gasteiger partial charge in [-0.1, -0.05) is 24.3 Å². The van der Waals surface area contributed by atoms with Crippen LogP contribution in [0.4, 0.5) is 4.39 Å². The molecule has 0 fully saturated rings. The number of carbonyl (C=O) groups is 2. The average molecular weight is 344 g/mol. The molecule has 2 N–H and O–H groups in total. The Morgan fingerprint density at radius 3 is 2.16 bits per heavy atom. The van der Waals surface area contributed by atoms with Crippen LogP contribution in [0.1, 0.15) is 35.3 Å². The van der Waals surface area contributed by atoms with Crippen LogP contribution in [0.5, 0.6) is 0 Å². The molecule has 0 bridgehead atoms. The molecule has 0 saturated heterocycles. The van der Waals surface area contributed by atoms with Gasteiger partial charge in [-0.05, 0) is 49.2 Å². The third-order valence-electron chi connectivity index (χ3n) is 3.39. The number of ether oxygens (including phenoxy) is 1. The van der Waals surface area contributed by atoms with Gasteiger partial charge in [-0.15, -0.1) is 0 Å². The predicted octanol–water partition coefficient (Wildman–Crippen LogP) is 2.75. The Morgan fingerprint density at radius 2 is 1.56 bits per heavy atom. The van der Waals surface area contributed by atoms with E-state index < -0.39 is 5.91 Å². The quantitative estimate of drug-likeness (QED) is 0.792. The molecule has 2 rings (SSSR count). The standard InChI is InChI=1S/C19H21FN2O3/c1-13(2)25-12-15-3-7-16(8-4-15)19(24)22-21-18(23)11-14-5-9-17(20)10-6-14/h3-10,13H,11-12H2,1-2H3,(H,21,23)(H,22,24). The van der Waals surface area contributed by atoms with Crippen molar-refractivity contribution in [3.63, 3.8) is 0 Å². The lowest BCUT2D eigenvalue weighted by molar-refractivity contribution is -0.121. The first kappa shape index (κ1) is 18.6. The number of hydrazine groups is 1. The van der Waals surface area contributed by atoms with E-state index >= 15 is 0 Å². The zero-order chi connectivity index (χ0) is 18.2. The fourth-order valence-electron chi connectivity index (χ4n) is 2.05. The molecule has 0 radical (unpaired) electrons. The molecule has 0 spiro atoms. The van der Waals surface area contributed by atoms with Crippen molar-refractivity contribution in [1.29, 1.82) is 0 Å². The lowest BCUT2D eigenvalue weighted by Gasteiger charge is -2.09. The van der Waals surface area contributed by atoms with Crippen molar-refractivity contribution in [3.05, 3.63) is 71.0 Å². The largest absolute Gasteiger partial charge is 0.374 e. The number of hydrogen-bond acceptors (Lipinski definition) is 3.